The average molecular weight is 266 g/mol. The van der Waals surface area contributed by atoms with Crippen LogP contribution in [0, 0.1) is 12.8 Å². The van der Waals surface area contributed by atoms with E-state index >= 15 is 0 Å². The van der Waals surface area contributed by atoms with Crippen molar-refractivity contribution in [1.29, 1.82) is 0 Å². The van der Waals surface area contributed by atoms with Crippen molar-refractivity contribution >= 4 is 11.9 Å². The Labute approximate surface area is 111 Å². The van der Waals surface area contributed by atoms with E-state index in [-0.39, 0.29) is 18.0 Å². The number of aliphatic carboxylic acids is 1. The molecule has 0 aromatic carbocycles. The average Bonchev–Trinajstić information content (AvgIpc) is 2.29. The van der Waals surface area contributed by atoms with E-state index in [2.05, 4.69) is 5.32 Å². The second kappa shape index (κ2) is 6.17. The van der Waals surface area contributed by atoms with Gasteiger partial charge in [0.2, 0.25) is 5.91 Å². The van der Waals surface area contributed by atoms with Gasteiger partial charge < -0.3 is 15.0 Å². The van der Waals surface area contributed by atoms with E-state index in [4.69, 9.17) is 5.11 Å². The Morgan fingerprint density at radius 1 is 1.42 bits per heavy atom. The fourth-order valence-corrected chi connectivity index (χ4v) is 1.62. The van der Waals surface area contributed by atoms with E-state index in [1.54, 1.807) is 26.8 Å². The molecule has 1 rings (SSSR count). The summed E-state index contributed by atoms with van der Waals surface area (Å²) in [5.74, 6) is -1.80. The van der Waals surface area contributed by atoms with Gasteiger partial charge in [0.05, 0.1) is 0 Å². The monoisotopic (exact) mass is 266 g/mol. The summed E-state index contributed by atoms with van der Waals surface area (Å²) in [4.78, 5) is 34.3. The van der Waals surface area contributed by atoms with Gasteiger partial charge >= 0.3 is 5.97 Å². The molecule has 6 heteroatoms. The van der Waals surface area contributed by atoms with Gasteiger partial charge in [0, 0.05) is 12.3 Å². The molecule has 0 bridgehead atoms. The lowest BCUT2D eigenvalue weighted by Crippen LogP contribution is -2.46. The van der Waals surface area contributed by atoms with Crippen LogP contribution in [0.2, 0.25) is 0 Å². The van der Waals surface area contributed by atoms with Crippen LogP contribution in [0.5, 0.6) is 0 Å². The van der Waals surface area contributed by atoms with Crippen molar-refractivity contribution in [3.05, 3.63) is 34.2 Å². The van der Waals surface area contributed by atoms with Gasteiger partial charge in [0.1, 0.15) is 12.6 Å². The quantitative estimate of drug-likeness (QED) is 0.806. The molecule has 0 aliphatic rings. The van der Waals surface area contributed by atoms with Crippen molar-refractivity contribution in [3.8, 4) is 0 Å². The van der Waals surface area contributed by atoms with Gasteiger partial charge in [0.25, 0.3) is 5.56 Å². The predicted octanol–water partition coefficient (Wildman–Crippen LogP) is 0.382. The molecule has 0 unspecified atom stereocenters. The molecule has 2 N–H and O–H groups in total. The Morgan fingerprint density at radius 3 is 2.53 bits per heavy atom. The van der Waals surface area contributed by atoms with Gasteiger partial charge in [-0.15, -0.1) is 0 Å². The maximum Gasteiger partial charge on any atom is 0.326 e. The molecular formula is C13H18N2O4. The van der Waals surface area contributed by atoms with Gasteiger partial charge in [-0.25, -0.2) is 4.79 Å². The van der Waals surface area contributed by atoms with Crippen LogP contribution in [0.1, 0.15) is 19.4 Å². The number of carboxylic acid groups (broad SMARTS) is 1. The van der Waals surface area contributed by atoms with Crippen molar-refractivity contribution in [2.75, 3.05) is 0 Å². The number of rotatable bonds is 5. The Hall–Kier alpha value is -2.11. The molecule has 1 aromatic heterocycles. The van der Waals surface area contributed by atoms with Crippen LogP contribution < -0.4 is 10.9 Å². The third kappa shape index (κ3) is 4.24. The molecule has 0 aliphatic heterocycles. The highest BCUT2D eigenvalue weighted by molar-refractivity contribution is 5.83. The largest absolute Gasteiger partial charge is 0.480 e. The molecule has 0 fully saturated rings. The zero-order chi connectivity index (χ0) is 14.6. The first-order chi connectivity index (χ1) is 8.81. The molecule has 1 aromatic rings. The summed E-state index contributed by atoms with van der Waals surface area (Å²) in [6, 6.07) is 2.18. The van der Waals surface area contributed by atoms with Crippen LogP contribution in [0.3, 0.4) is 0 Å². The molecule has 1 amide bonds. The number of hydrogen-bond acceptors (Lipinski definition) is 3. The predicted molar refractivity (Wildman–Crippen MR) is 69.8 cm³/mol. The zero-order valence-electron chi connectivity index (χ0n) is 11.2. The number of carbonyl (C=O) groups is 2. The third-order valence-corrected chi connectivity index (χ3v) is 2.71. The van der Waals surface area contributed by atoms with Crippen LogP contribution in [0.15, 0.2) is 23.1 Å². The molecule has 0 spiro atoms. The highest BCUT2D eigenvalue weighted by atomic mass is 16.4. The zero-order valence-corrected chi connectivity index (χ0v) is 11.2. The minimum atomic E-state index is -1.08. The van der Waals surface area contributed by atoms with E-state index in [1.165, 1.54) is 16.8 Å². The Bertz CT molecular complexity index is 534. The van der Waals surface area contributed by atoms with Crippen LogP contribution in [0.4, 0.5) is 0 Å². The van der Waals surface area contributed by atoms with E-state index in [9.17, 15) is 14.4 Å². The van der Waals surface area contributed by atoms with Crippen molar-refractivity contribution in [1.82, 2.24) is 9.88 Å². The first-order valence-corrected chi connectivity index (χ1v) is 6.00. The summed E-state index contributed by atoms with van der Waals surface area (Å²) in [6.07, 6.45) is 1.52. The molecule has 0 saturated heterocycles. The van der Waals surface area contributed by atoms with Crippen LogP contribution >= 0.6 is 0 Å². The topological polar surface area (TPSA) is 88.4 Å². The second-order valence-electron chi connectivity index (χ2n) is 4.80. The van der Waals surface area contributed by atoms with Crippen molar-refractivity contribution in [2.45, 2.75) is 33.4 Å². The number of carboxylic acids is 1. The molecule has 19 heavy (non-hydrogen) atoms. The molecular weight excluding hydrogens is 248 g/mol. The van der Waals surface area contributed by atoms with Gasteiger partial charge in [-0.05, 0) is 24.5 Å². The lowest BCUT2D eigenvalue weighted by Gasteiger charge is -2.18. The molecule has 1 heterocycles. The van der Waals surface area contributed by atoms with Crippen molar-refractivity contribution < 1.29 is 14.7 Å². The lowest BCUT2D eigenvalue weighted by atomic mass is 10.1. The number of amides is 1. The number of nitrogens with one attached hydrogen (secondary N) is 1. The summed E-state index contributed by atoms with van der Waals surface area (Å²) in [6.45, 7) is 5.01. The number of pyridine rings is 1. The third-order valence-electron chi connectivity index (χ3n) is 2.71. The number of aromatic nitrogens is 1. The number of carbonyl (C=O) groups excluding carboxylic acids is 1. The maximum atomic E-state index is 11.7. The number of aryl methyl sites for hydroxylation is 1. The summed E-state index contributed by atoms with van der Waals surface area (Å²) >= 11 is 0. The summed E-state index contributed by atoms with van der Waals surface area (Å²) in [5, 5.41) is 11.4. The van der Waals surface area contributed by atoms with Crippen LogP contribution in [-0.4, -0.2) is 27.6 Å². The van der Waals surface area contributed by atoms with E-state index in [0.29, 0.717) is 0 Å². The molecule has 1 atom stereocenters. The van der Waals surface area contributed by atoms with E-state index < -0.39 is 17.9 Å². The first-order valence-electron chi connectivity index (χ1n) is 6.00. The Kier molecular flexibility index (Phi) is 4.86. The minimum Gasteiger partial charge on any atom is -0.480 e. The summed E-state index contributed by atoms with van der Waals surface area (Å²) < 4.78 is 1.24. The van der Waals surface area contributed by atoms with Gasteiger partial charge in [0.15, 0.2) is 0 Å². The van der Waals surface area contributed by atoms with Crippen molar-refractivity contribution in [2.24, 2.45) is 5.92 Å². The fraction of sp³-hybridized carbons (Fsp3) is 0.462. The number of hydrogen-bond donors (Lipinski definition) is 2. The van der Waals surface area contributed by atoms with Crippen molar-refractivity contribution in [3.63, 3.8) is 0 Å². The minimum absolute atomic E-state index is 0.185. The van der Waals surface area contributed by atoms with Gasteiger partial charge in [-0.3, -0.25) is 9.59 Å². The molecule has 0 aliphatic carbocycles. The summed E-state index contributed by atoms with van der Waals surface area (Å²) in [5.41, 5.74) is 0.527. The molecule has 104 valence electrons. The second-order valence-corrected chi connectivity index (χ2v) is 4.80. The standard InChI is InChI=1S/C13H18N2O4/c1-8(2)12(13(18)19)14-10(16)7-15-5-4-9(3)6-11(15)17/h4-6,8,12H,7H2,1-3H3,(H,14,16)(H,18,19)/t12-/m1/s1. The molecule has 0 radical (unpaired) electrons. The molecule has 0 saturated carbocycles. The highest BCUT2D eigenvalue weighted by Gasteiger charge is 2.23. The number of nitrogens with zero attached hydrogens (tertiary/aromatic N) is 1. The molecule has 6 nitrogen and oxygen atoms in total. The van der Waals surface area contributed by atoms with Gasteiger partial charge in [-0.1, -0.05) is 13.8 Å². The normalized spacial score (nSPS) is 12.2. The lowest BCUT2D eigenvalue weighted by molar-refractivity contribution is -0.143. The summed E-state index contributed by atoms with van der Waals surface area (Å²) in [7, 11) is 0. The maximum absolute atomic E-state index is 11.7. The SMILES string of the molecule is Cc1ccn(CC(=O)N[C@@H](C(=O)O)C(C)C)c(=O)c1. The highest BCUT2D eigenvalue weighted by Crippen LogP contribution is 2.01. The Balaban J connectivity index is 2.75. The van der Waals surface area contributed by atoms with E-state index in [0.717, 1.165) is 5.56 Å². The van der Waals surface area contributed by atoms with Gasteiger partial charge in [-0.2, -0.15) is 0 Å². The fourth-order valence-electron chi connectivity index (χ4n) is 1.62. The van der Waals surface area contributed by atoms with Crippen LogP contribution in [0.25, 0.3) is 0 Å². The Morgan fingerprint density at radius 2 is 2.05 bits per heavy atom. The smallest absolute Gasteiger partial charge is 0.326 e. The first kappa shape index (κ1) is 14.9. The van der Waals surface area contributed by atoms with E-state index in [1.807, 2.05) is 0 Å². The van der Waals surface area contributed by atoms with Crippen LogP contribution in [-0.2, 0) is 16.1 Å².